The van der Waals surface area contributed by atoms with Gasteiger partial charge in [-0.1, -0.05) is 85.7 Å². The fourth-order valence-electron chi connectivity index (χ4n) is 13.5. The van der Waals surface area contributed by atoms with Crippen LogP contribution in [0.4, 0.5) is 0 Å². The Morgan fingerprint density at radius 3 is 2.36 bits per heavy atom. The van der Waals surface area contributed by atoms with E-state index < -0.39 is 17.4 Å². The highest BCUT2D eigenvalue weighted by Crippen LogP contribution is 2.77. The molecule has 4 saturated carbocycles. The number of hydrogen-bond acceptors (Lipinski definition) is 7. The van der Waals surface area contributed by atoms with Crippen LogP contribution in [0.3, 0.4) is 0 Å². The lowest BCUT2D eigenvalue weighted by molar-refractivity contribution is -0.234. The van der Waals surface area contributed by atoms with Gasteiger partial charge in [0.05, 0.1) is 11.8 Å². The quantitative estimate of drug-likeness (QED) is 0.168. The fraction of sp³-hybridized carbons (Fsp3) is 0.739. The minimum Gasteiger partial charge on any atom is -0.481 e. The first-order valence-corrected chi connectivity index (χ1v) is 21.4. The van der Waals surface area contributed by atoms with Crippen LogP contribution in [0.2, 0.25) is 0 Å². The largest absolute Gasteiger partial charge is 0.481 e. The number of nitrogens with zero attached hydrogens (tertiary/aromatic N) is 2. The van der Waals surface area contributed by atoms with Crippen molar-refractivity contribution in [2.24, 2.45) is 61.3 Å². The van der Waals surface area contributed by atoms with Crippen molar-refractivity contribution in [3.63, 3.8) is 0 Å². The van der Waals surface area contributed by atoms with Gasteiger partial charge >= 0.3 is 11.9 Å². The van der Waals surface area contributed by atoms with Gasteiger partial charge < -0.3 is 14.7 Å². The summed E-state index contributed by atoms with van der Waals surface area (Å²) in [4.78, 5) is 41.5. The van der Waals surface area contributed by atoms with Gasteiger partial charge in [0.2, 0.25) is 0 Å². The Bertz CT molecular complexity index is 1760. The summed E-state index contributed by atoms with van der Waals surface area (Å²) >= 11 is 6.39. The van der Waals surface area contributed by atoms with E-state index in [9.17, 15) is 19.5 Å². The number of ketones is 1. The van der Waals surface area contributed by atoms with Crippen LogP contribution in [0.5, 0.6) is 0 Å². The van der Waals surface area contributed by atoms with Gasteiger partial charge in [-0.3, -0.25) is 19.8 Å². The van der Waals surface area contributed by atoms with E-state index in [0.29, 0.717) is 35.0 Å². The van der Waals surface area contributed by atoms with E-state index in [4.69, 9.17) is 21.4 Å². The van der Waals surface area contributed by atoms with Crippen LogP contribution in [0.15, 0.2) is 51.7 Å². The number of hydrogen-bond donors (Lipinski definition) is 2. The highest BCUT2D eigenvalue weighted by molar-refractivity contribution is 6.31. The summed E-state index contributed by atoms with van der Waals surface area (Å²) < 4.78 is 6.19. The molecule has 7 unspecified atom stereocenters. The number of rotatable bonds is 10. The summed E-state index contributed by atoms with van der Waals surface area (Å²) in [5.41, 5.74) is 5.19. The highest BCUT2D eigenvalue weighted by Gasteiger charge is 2.71. The summed E-state index contributed by atoms with van der Waals surface area (Å²) in [6, 6.07) is 0. The molecule has 6 rings (SSSR count). The Morgan fingerprint density at radius 1 is 1.04 bits per heavy atom. The van der Waals surface area contributed by atoms with E-state index >= 15 is 0 Å². The number of carboxylic acid groups (broad SMARTS) is 1. The summed E-state index contributed by atoms with van der Waals surface area (Å²) in [7, 11) is 2.09. The topological polar surface area (TPSA) is 108 Å². The summed E-state index contributed by atoms with van der Waals surface area (Å²) in [5, 5.41) is 15.2. The van der Waals surface area contributed by atoms with Crippen molar-refractivity contribution in [3.05, 3.63) is 46.6 Å². The molecular weight excluding hydrogens is 710 g/mol. The van der Waals surface area contributed by atoms with E-state index in [1.807, 2.05) is 18.2 Å². The van der Waals surface area contributed by atoms with Crippen molar-refractivity contribution >= 4 is 35.2 Å². The Labute approximate surface area is 335 Å². The van der Waals surface area contributed by atoms with Crippen LogP contribution in [0.25, 0.3) is 0 Å². The lowest BCUT2D eigenvalue weighted by Gasteiger charge is -2.72. The van der Waals surface area contributed by atoms with E-state index in [0.717, 1.165) is 74.8 Å². The Balaban J connectivity index is 1.29. The van der Waals surface area contributed by atoms with Crippen molar-refractivity contribution in [2.75, 3.05) is 7.05 Å². The maximum atomic E-state index is 14.3. The summed E-state index contributed by atoms with van der Waals surface area (Å²) in [5.74, 6) is 1.00. The normalized spacial score (nSPS) is 38.6. The second-order valence-corrected chi connectivity index (χ2v) is 20.9. The predicted octanol–water partition coefficient (Wildman–Crippen LogP) is 10.2. The minimum atomic E-state index is -1.16. The molecule has 5 aliphatic carbocycles. The number of halogens is 1. The third-order valence-electron chi connectivity index (χ3n) is 16.5. The zero-order chi connectivity index (χ0) is 40.7. The number of aliphatic carboxylic acids is 1. The van der Waals surface area contributed by atoms with E-state index in [1.165, 1.54) is 5.57 Å². The van der Waals surface area contributed by atoms with Crippen molar-refractivity contribution < 1.29 is 24.2 Å². The maximum Gasteiger partial charge on any atom is 0.309 e. The lowest BCUT2D eigenvalue weighted by Crippen LogP contribution is -2.66. The van der Waals surface area contributed by atoms with Gasteiger partial charge in [-0.15, -0.1) is 0 Å². The van der Waals surface area contributed by atoms with Gasteiger partial charge in [0, 0.05) is 34.9 Å². The zero-order valence-corrected chi connectivity index (χ0v) is 36.3. The van der Waals surface area contributed by atoms with Crippen molar-refractivity contribution in [2.45, 2.75) is 152 Å². The second-order valence-electron chi connectivity index (χ2n) is 20.5. The van der Waals surface area contributed by atoms with Crippen molar-refractivity contribution in [3.8, 4) is 0 Å². The standard InChI is InChI=1S/C46H68ClN3O5/c1-13-14-29(47)16-15-28(4)38-48-49-39(50(38)12)46-24-23-44(10)30(37(46)36(27(2)3)31(51)25-46)17-18-33-43(9)21-20-34(55-35(52)26-41(5,6)40(53)54)42(7,8)32(43)19-22-45(33,44)11/h14-16,27,30,32-34,39,49H,4,13,17-26H2,1-3,5-12H3,(H,53,54)/b16-15-,29-14+/t30?,32?,33-,34?,39?,43?,44-,45?,46?/m1/s1. The first-order chi connectivity index (χ1) is 25.5. The molecule has 1 aliphatic heterocycles. The number of likely N-dealkylation sites (N-methyl/N-ethyl adjacent to an activating group) is 1. The maximum absolute atomic E-state index is 14.3. The number of carbonyl (C=O) groups excluding carboxylic acids is 2. The predicted molar refractivity (Wildman–Crippen MR) is 220 cm³/mol. The van der Waals surface area contributed by atoms with Crippen molar-refractivity contribution in [1.82, 2.24) is 10.3 Å². The average molecular weight is 779 g/mol. The van der Waals surface area contributed by atoms with E-state index in [1.54, 1.807) is 13.8 Å². The zero-order valence-electron chi connectivity index (χ0n) is 35.5. The van der Waals surface area contributed by atoms with Crippen LogP contribution >= 0.6 is 11.6 Å². The smallest absolute Gasteiger partial charge is 0.309 e. The van der Waals surface area contributed by atoms with E-state index in [-0.39, 0.29) is 51.7 Å². The summed E-state index contributed by atoms with van der Waals surface area (Å²) in [6.45, 7) is 26.2. The third-order valence-corrected chi connectivity index (χ3v) is 16.8. The number of ether oxygens (including phenoxy) is 1. The Morgan fingerprint density at radius 2 is 1.73 bits per heavy atom. The molecule has 0 amide bonds. The van der Waals surface area contributed by atoms with Gasteiger partial charge in [0.1, 0.15) is 12.3 Å². The fourth-order valence-corrected chi connectivity index (χ4v) is 13.8. The molecule has 0 aromatic carbocycles. The van der Waals surface area contributed by atoms with Gasteiger partial charge in [-0.05, 0) is 129 Å². The molecule has 55 heavy (non-hydrogen) atoms. The summed E-state index contributed by atoms with van der Waals surface area (Å²) in [6.07, 6.45) is 14.7. The van der Waals surface area contributed by atoms with Gasteiger partial charge in [-0.25, -0.2) is 0 Å². The number of esters is 1. The number of Topliss-reactive ketones (excluding diaryl/α,β-unsaturated/α-hetero) is 1. The second kappa shape index (κ2) is 14.2. The van der Waals surface area contributed by atoms with Gasteiger partial charge in [0.25, 0.3) is 0 Å². The molecule has 9 atom stereocenters. The number of carboxylic acids is 1. The monoisotopic (exact) mass is 777 g/mol. The van der Waals surface area contributed by atoms with Crippen molar-refractivity contribution in [1.29, 1.82) is 0 Å². The minimum absolute atomic E-state index is 0.0128. The van der Waals surface area contributed by atoms with Gasteiger partial charge in [0.15, 0.2) is 11.6 Å². The van der Waals surface area contributed by atoms with Crippen LogP contribution in [0, 0.1) is 56.2 Å². The molecular formula is C46H68ClN3O5. The Kier molecular flexibility index (Phi) is 10.8. The molecule has 0 bridgehead atoms. The van der Waals surface area contributed by atoms with Crippen LogP contribution in [-0.4, -0.2) is 52.9 Å². The molecule has 9 heteroatoms. The molecule has 4 fully saturated rings. The lowest BCUT2D eigenvalue weighted by atomic mass is 9.33. The first-order valence-electron chi connectivity index (χ1n) is 21.0. The SMILES string of the molecule is C=C(/C=C\C(Cl)=C/CC)C1=NNC(C23CC[C@]4(C)C(CC[C@@H]5C6(C)CCC(OC(=O)CC(C)(C)C(=O)O)C(C)(C)C6CCC54C)C2=C(C(C)C)C(=O)C3)N1C. The number of fused-ring (bicyclic) bond motifs is 7. The third kappa shape index (κ3) is 6.38. The molecule has 304 valence electrons. The van der Waals surface area contributed by atoms with E-state index in [2.05, 4.69) is 79.3 Å². The molecule has 6 aliphatic rings. The number of carbonyl (C=O) groups is 3. The average Bonchev–Trinajstić information content (AvgIpc) is 3.62. The molecule has 0 aromatic rings. The molecule has 8 nitrogen and oxygen atoms in total. The van der Waals surface area contributed by atoms with Crippen LogP contribution in [0.1, 0.15) is 140 Å². The van der Waals surface area contributed by atoms with Gasteiger partial charge in [-0.2, -0.15) is 5.10 Å². The molecule has 0 saturated heterocycles. The number of nitrogens with one attached hydrogen (secondary N) is 1. The number of allylic oxidation sites excluding steroid dienone is 4. The molecule has 0 spiro atoms. The van der Waals surface area contributed by atoms with Crippen LogP contribution in [-0.2, 0) is 19.1 Å². The molecule has 0 aromatic heterocycles. The molecule has 0 radical (unpaired) electrons. The first kappa shape index (κ1) is 41.8. The molecule has 1 heterocycles. The number of hydrazone groups is 1. The molecule has 2 N–H and O–H groups in total. The highest BCUT2D eigenvalue weighted by atomic mass is 35.5. The number of amidine groups is 1. The van der Waals surface area contributed by atoms with Crippen LogP contribution < -0.4 is 5.43 Å². The Hall–Kier alpha value is -2.87.